The van der Waals surface area contributed by atoms with Gasteiger partial charge in [-0.15, -0.1) is 0 Å². The van der Waals surface area contributed by atoms with Crippen LogP contribution in [0.15, 0.2) is 35.1 Å². The highest BCUT2D eigenvalue weighted by Gasteiger charge is 2.13. The molecule has 110 valence electrons. The molecule has 0 aliphatic rings. The number of rotatable bonds is 5. The standard InChI is InChI=1S/C15H17BrN4O/c1-3-6-17-14-13(7-11(16)8-19-14)15(21)20-12-5-4-10(2)18-9-12/h4-5,7-9H,3,6H2,1-2H3,(H,17,19)(H,20,21). The summed E-state index contributed by atoms with van der Waals surface area (Å²) in [5.41, 5.74) is 2.06. The molecular weight excluding hydrogens is 332 g/mol. The van der Waals surface area contributed by atoms with E-state index in [1.807, 2.05) is 19.1 Å². The molecule has 0 fully saturated rings. The molecular formula is C15H17BrN4O. The molecule has 2 rings (SSSR count). The monoisotopic (exact) mass is 348 g/mol. The highest BCUT2D eigenvalue weighted by molar-refractivity contribution is 9.10. The van der Waals surface area contributed by atoms with Gasteiger partial charge >= 0.3 is 0 Å². The van der Waals surface area contributed by atoms with Gasteiger partial charge in [0.2, 0.25) is 0 Å². The third-order valence-electron chi connectivity index (χ3n) is 2.81. The van der Waals surface area contributed by atoms with Crippen LogP contribution in [0.1, 0.15) is 29.4 Å². The second kappa shape index (κ2) is 7.17. The number of aryl methyl sites for hydroxylation is 1. The Hall–Kier alpha value is -1.95. The molecule has 0 bridgehead atoms. The Kier molecular flexibility index (Phi) is 5.27. The Morgan fingerprint density at radius 2 is 2.10 bits per heavy atom. The molecule has 0 saturated carbocycles. The summed E-state index contributed by atoms with van der Waals surface area (Å²) in [7, 11) is 0. The van der Waals surface area contributed by atoms with E-state index in [4.69, 9.17) is 0 Å². The molecule has 6 heteroatoms. The fraction of sp³-hybridized carbons (Fsp3) is 0.267. The first-order chi connectivity index (χ1) is 10.1. The number of nitrogens with zero attached hydrogens (tertiary/aromatic N) is 2. The number of aromatic nitrogens is 2. The number of amides is 1. The first kappa shape index (κ1) is 15.4. The summed E-state index contributed by atoms with van der Waals surface area (Å²) >= 11 is 3.35. The van der Waals surface area contributed by atoms with Crippen molar-refractivity contribution >= 4 is 33.3 Å². The minimum atomic E-state index is -0.215. The lowest BCUT2D eigenvalue weighted by Gasteiger charge is -2.11. The maximum Gasteiger partial charge on any atom is 0.259 e. The quantitative estimate of drug-likeness (QED) is 0.865. The molecule has 0 atom stereocenters. The number of nitrogens with one attached hydrogen (secondary N) is 2. The number of hydrogen-bond donors (Lipinski definition) is 2. The lowest BCUT2D eigenvalue weighted by molar-refractivity contribution is 0.102. The largest absolute Gasteiger partial charge is 0.369 e. The third-order valence-corrected chi connectivity index (χ3v) is 3.24. The van der Waals surface area contributed by atoms with Crippen molar-refractivity contribution < 1.29 is 4.79 Å². The van der Waals surface area contributed by atoms with Gasteiger partial charge < -0.3 is 10.6 Å². The van der Waals surface area contributed by atoms with Crippen LogP contribution in [0, 0.1) is 6.92 Å². The summed E-state index contributed by atoms with van der Waals surface area (Å²) in [5, 5.41) is 5.98. The van der Waals surface area contributed by atoms with Gasteiger partial charge in [0.1, 0.15) is 5.82 Å². The second-order valence-corrected chi connectivity index (χ2v) is 5.53. The maximum absolute atomic E-state index is 12.4. The van der Waals surface area contributed by atoms with E-state index in [2.05, 4.69) is 43.5 Å². The lowest BCUT2D eigenvalue weighted by atomic mass is 10.2. The van der Waals surface area contributed by atoms with Gasteiger partial charge in [-0.05, 0) is 47.5 Å². The van der Waals surface area contributed by atoms with Crippen molar-refractivity contribution in [2.75, 3.05) is 17.2 Å². The summed E-state index contributed by atoms with van der Waals surface area (Å²) in [6, 6.07) is 5.43. The van der Waals surface area contributed by atoms with Crippen molar-refractivity contribution in [1.82, 2.24) is 9.97 Å². The molecule has 2 N–H and O–H groups in total. The minimum absolute atomic E-state index is 0.215. The molecule has 2 aromatic rings. The molecule has 0 spiro atoms. The molecule has 0 aromatic carbocycles. The van der Waals surface area contributed by atoms with Crippen LogP contribution in [-0.2, 0) is 0 Å². The maximum atomic E-state index is 12.4. The summed E-state index contributed by atoms with van der Waals surface area (Å²) in [4.78, 5) is 20.8. The van der Waals surface area contributed by atoms with E-state index in [1.165, 1.54) is 0 Å². The topological polar surface area (TPSA) is 66.9 Å². The fourth-order valence-electron chi connectivity index (χ4n) is 1.74. The molecule has 0 saturated heterocycles. The Labute approximate surface area is 132 Å². The van der Waals surface area contributed by atoms with Gasteiger partial charge in [0.05, 0.1) is 17.4 Å². The fourth-order valence-corrected chi connectivity index (χ4v) is 2.07. The first-order valence-corrected chi connectivity index (χ1v) is 7.53. The number of halogens is 1. The first-order valence-electron chi connectivity index (χ1n) is 6.73. The van der Waals surface area contributed by atoms with Gasteiger partial charge in [0.25, 0.3) is 5.91 Å². The Morgan fingerprint density at radius 3 is 2.76 bits per heavy atom. The van der Waals surface area contributed by atoms with Crippen LogP contribution in [0.3, 0.4) is 0 Å². The zero-order chi connectivity index (χ0) is 15.2. The van der Waals surface area contributed by atoms with Crippen molar-refractivity contribution in [2.24, 2.45) is 0 Å². The molecule has 0 unspecified atom stereocenters. The molecule has 1 amide bonds. The van der Waals surface area contributed by atoms with Crippen molar-refractivity contribution in [1.29, 1.82) is 0 Å². The van der Waals surface area contributed by atoms with Gasteiger partial charge in [0, 0.05) is 22.9 Å². The molecule has 0 aliphatic carbocycles. The normalized spacial score (nSPS) is 10.2. The van der Waals surface area contributed by atoms with Crippen LogP contribution in [0.4, 0.5) is 11.5 Å². The van der Waals surface area contributed by atoms with E-state index in [-0.39, 0.29) is 5.91 Å². The van der Waals surface area contributed by atoms with E-state index >= 15 is 0 Å². The van der Waals surface area contributed by atoms with Crippen molar-refractivity contribution in [3.8, 4) is 0 Å². The predicted octanol–water partition coefficient (Wildman–Crippen LogP) is 3.62. The highest BCUT2D eigenvalue weighted by atomic mass is 79.9. The highest BCUT2D eigenvalue weighted by Crippen LogP contribution is 2.19. The van der Waals surface area contributed by atoms with Gasteiger partial charge in [-0.2, -0.15) is 0 Å². The Morgan fingerprint density at radius 1 is 1.29 bits per heavy atom. The van der Waals surface area contributed by atoms with Gasteiger partial charge in [0.15, 0.2) is 0 Å². The predicted molar refractivity (Wildman–Crippen MR) is 87.6 cm³/mol. The van der Waals surface area contributed by atoms with Crippen LogP contribution in [-0.4, -0.2) is 22.4 Å². The number of carbonyl (C=O) groups is 1. The number of pyridine rings is 2. The lowest BCUT2D eigenvalue weighted by Crippen LogP contribution is -2.16. The Balaban J connectivity index is 2.20. The van der Waals surface area contributed by atoms with Gasteiger partial charge in [-0.1, -0.05) is 6.92 Å². The van der Waals surface area contributed by atoms with E-state index in [9.17, 15) is 4.79 Å². The SMILES string of the molecule is CCCNc1ncc(Br)cc1C(=O)Nc1ccc(C)nc1. The van der Waals surface area contributed by atoms with E-state index in [1.54, 1.807) is 18.5 Å². The molecule has 21 heavy (non-hydrogen) atoms. The number of hydrogen-bond acceptors (Lipinski definition) is 4. The van der Waals surface area contributed by atoms with Crippen LogP contribution in [0.25, 0.3) is 0 Å². The summed E-state index contributed by atoms with van der Waals surface area (Å²) in [6.45, 7) is 4.72. The molecule has 2 aromatic heterocycles. The molecule has 0 aliphatic heterocycles. The summed E-state index contributed by atoms with van der Waals surface area (Å²) < 4.78 is 0.761. The molecule has 0 radical (unpaired) electrons. The van der Waals surface area contributed by atoms with Crippen molar-refractivity contribution in [2.45, 2.75) is 20.3 Å². The van der Waals surface area contributed by atoms with E-state index in [0.29, 0.717) is 17.1 Å². The Bertz CT molecular complexity index is 628. The average molecular weight is 349 g/mol. The van der Waals surface area contributed by atoms with Crippen LogP contribution >= 0.6 is 15.9 Å². The van der Waals surface area contributed by atoms with E-state index < -0.39 is 0 Å². The molecule has 5 nitrogen and oxygen atoms in total. The minimum Gasteiger partial charge on any atom is -0.369 e. The van der Waals surface area contributed by atoms with Crippen molar-refractivity contribution in [3.05, 3.63) is 46.3 Å². The van der Waals surface area contributed by atoms with E-state index in [0.717, 1.165) is 23.1 Å². The van der Waals surface area contributed by atoms with Gasteiger partial charge in [-0.25, -0.2) is 4.98 Å². The van der Waals surface area contributed by atoms with Crippen LogP contribution in [0.2, 0.25) is 0 Å². The zero-order valence-corrected chi connectivity index (χ0v) is 13.6. The van der Waals surface area contributed by atoms with Crippen LogP contribution in [0.5, 0.6) is 0 Å². The smallest absolute Gasteiger partial charge is 0.259 e. The van der Waals surface area contributed by atoms with Crippen LogP contribution < -0.4 is 10.6 Å². The summed E-state index contributed by atoms with van der Waals surface area (Å²) in [6.07, 6.45) is 4.26. The summed E-state index contributed by atoms with van der Waals surface area (Å²) in [5.74, 6) is 0.366. The van der Waals surface area contributed by atoms with Crippen molar-refractivity contribution in [3.63, 3.8) is 0 Å². The number of anilines is 2. The zero-order valence-electron chi connectivity index (χ0n) is 12.0. The molecule has 2 heterocycles. The number of carbonyl (C=O) groups excluding carboxylic acids is 1. The second-order valence-electron chi connectivity index (χ2n) is 4.62. The average Bonchev–Trinajstić information content (AvgIpc) is 2.48. The third kappa shape index (κ3) is 4.26. The van der Waals surface area contributed by atoms with Gasteiger partial charge in [-0.3, -0.25) is 9.78 Å².